The van der Waals surface area contributed by atoms with Crippen LogP contribution < -0.4 is 14.4 Å². The van der Waals surface area contributed by atoms with Gasteiger partial charge in [-0.2, -0.15) is 13.5 Å². The normalized spacial score (nSPS) is 14.2. The van der Waals surface area contributed by atoms with Gasteiger partial charge in [0, 0.05) is 67.9 Å². The highest BCUT2D eigenvalue weighted by atomic mass is 32.2. The number of carbonyl (C=O) groups excluding carboxylic acids is 1. The van der Waals surface area contributed by atoms with Crippen LogP contribution in [0.2, 0.25) is 0 Å². The van der Waals surface area contributed by atoms with Gasteiger partial charge in [0.1, 0.15) is 11.5 Å². The van der Waals surface area contributed by atoms with Crippen LogP contribution in [0.1, 0.15) is 25.8 Å². The summed E-state index contributed by atoms with van der Waals surface area (Å²) < 4.78 is 41.2. The maximum absolute atomic E-state index is 11.7. The molecule has 0 atom stereocenters. The molecule has 3 heterocycles. The number of piperidine rings is 1. The fourth-order valence-corrected chi connectivity index (χ4v) is 5.43. The number of aromatic nitrogens is 4. The highest BCUT2D eigenvalue weighted by molar-refractivity contribution is 7.85. The van der Waals surface area contributed by atoms with Gasteiger partial charge in [-0.05, 0) is 31.0 Å². The van der Waals surface area contributed by atoms with Crippen LogP contribution in [0.3, 0.4) is 0 Å². The molecule has 2 aromatic carbocycles. The highest BCUT2D eigenvalue weighted by Crippen LogP contribution is 2.34. The van der Waals surface area contributed by atoms with Crippen LogP contribution in [0.25, 0.3) is 22.3 Å². The molecule has 0 unspecified atom stereocenters. The molecule has 1 amide bonds. The second kappa shape index (κ2) is 12.3. The van der Waals surface area contributed by atoms with Gasteiger partial charge in [-0.15, -0.1) is 0 Å². The minimum Gasteiger partial charge on any atom is -0.497 e. The standard InChI is InChI=1S/C29H34N6O6S/c1-20(36)33-9-7-22(8-10-33)35-19-21(17-31-35)29-18-30-27-6-5-23(15-28(27)32-29)34(11-12-41-42(4,37)38)24-13-25(39-2)16-26(14-24)40-3/h5-6,13-19,22H,7-12H2,1-4H3. The van der Waals surface area contributed by atoms with Crippen molar-refractivity contribution in [2.45, 2.75) is 25.8 Å². The Balaban J connectivity index is 1.45. The molecule has 222 valence electrons. The van der Waals surface area contributed by atoms with Crippen molar-refractivity contribution in [3.05, 3.63) is 55.0 Å². The molecule has 1 aliphatic heterocycles. The molecule has 0 radical (unpaired) electrons. The summed E-state index contributed by atoms with van der Waals surface area (Å²) in [6.45, 7) is 3.22. The molecule has 0 bridgehead atoms. The first-order valence-electron chi connectivity index (χ1n) is 13.6. The average Bonchev–Trinajstić information content (AvgIpc) is 3.48. The third-order valence-electron chi connectivity index (χ3n) is 7.28. The number of rotatable bonds is 10. The molecule has 0 saturated carbocycles. The lowest BCUT2D eigenvalue weighted by Crippen LogP contribution is -2.37. The van der Waals surface area contributed by atoms with Gasteiger partial charge in [-0.3, -0.25) is 18.6 Å². The van der Waals surface area contributed by atoms with Gasteiger partial charge >= 0.3 is 0 Å². The van der Waals surface area contributed by atoms with Crippen LogP contribution in [0.5, 0.6) is 11.5 Å². The van der Waals surface area contributed by atoms with Crippen LogP contribution in [-0.2, 0) is 19.1 Å². The maximum atomic E-state index is 11.7. The van der Waals surface area contributed by atoms with Crippen molar-refractivity contribution in [1.82, 2.24) is 24.6 Å². The lowest BCUT2D eigenvalue weighted by Gasteiger charge is -2.31. The van der Waals surface area contributed by atoms with E-state index in [9.17, 15) is 13.2 Å². The molecule has 2 aromatic heterocycles. The first-order chi connectivity index (χ1) is 20.1. The Morgan fingerprint density at radius 2 is 1.71 bits per heavy atom. The predicted octanol–water partition coefficient (Wildman–Crippen LogP) is 3.81. The zero-order valence-corrected chi connectivity index (χ0v) is 24.9. The van der Waals surface area contributed by atoms with Crippen molar-refractivity contribution in [2.24, 2.45) is 0 Å². The fraction of sp³-hybridized carbons (Fsp3) is 0.379. The first-order valence-corrected chi connectivity index (χ1v) is 15.4. The summed E-state index contributed by atoms with van der Waals surface area (Å²) in [7, 11) is -0.478. The van der Waals surface area contributed by atoms with E-state index in [1.807, 2.05) is 51.0 Å². The van der Waals surface area contributed by atoms with Crippen LogP contribution in [0.4, 0.5) is 11.4 Å². The van der Waals surface area contributed by atoms with Gasteiger partial charge in [0.25, 0.3) is 10.1 Å². The van der Waals surface area contributed by atoms with Crippen molar-refractivity contribution >= 4 is 38.4 Å². The van der Waals surface area contributed by atoms with Crippen LogP contribution >= 0.6 is 0 Å². The number of amides is 1. The molecule has 13 heteroatoms. The van der Waals surface area contributed by atoms with Crippen LogP contribution in [0.15, 0.2) is 55.0 Å². The summed E-state index contributed by atoms with van der Waals surface area (Å²) in [4.78, 5) is 25.0. The van der Waals surface area contributed by atoms with E-state index in [4.69, 9.17) is 18.6 Å². The monoisotopic (exact) mass is 594 g/mol. The zero-order valence-electron chi connectivity index (χ0n) is 24.1. The van der Waals surface area contributed by atoms with Crippen molar-refractivity contribution in [2.75, 3.05) is 51.6 Å². The second-order valence-electron chi connectivity index (χ2n) is 10.1. The van der Waals surface area contributed by atoms with E-state index in [1.165, 1.54) is 0 Å². The molecule has 0 N–H and O–H groups in total. The van der Waals surface area contributed by atoms with Gasteiger partial charge < -0.3 is 19.3 Å². The van der Waals surface area contributed by atoms with E-state index in [0.717, 1.165) is 49.1 Å². The summed E-state index contributed by atoms with van der Waals surface area (Å²) >= 11 is 0. The number of hydrogen-bond acceptors (Lipinski definition) is 10. The van der Waals surface area contributed by atoms with Crippen molar-refractivity contribution in [1.29, 1.82) is 0 Å². The van der Waals surface area contributed by atoms with Gasteiger partial charge in [-0.25, -0.2) is 4.98 Å². The van der Waals surface area contributed by atoms with Crippen molar-refractivity contribution < 1.29 is 26.9 Å². The SMILES string of the molecule is COc1cc(OC)cc(N(CCOS(C)(=O)=O)c2ccc3ncc(-c4cnn(C5CCN(C(C)=O)CC5)c4)nc3c2)c1. The Kier molecular flexibility index (Phi) is 8.59. The number of anilines is 2. The van der Waals surface area contributed by atoms with Crippen molar-refractivity contribution in [3.63, 3.8) is 0 Å². The third kappa shape index (κ3) is 6.80. The molecule has 42 heavy (non-hydrogen) atoms. The fourth-order valence-electron chi connectivity index (χ4n) is 5.06. The molecule has 1 saturated heterocycles. The zero-order chi connectivity index (χ0) is 29.9. The Morgan fingerprint density at radius 3 is 2.36 bits per heavy atom. The molecule has 12 nitrogen and oxygen atoms in total. The van der Waals surface area contributed by atoms with Crippen LogP contribution in [0, 0.1) is 0 Å². The Bertz CT molecular complexity index is 1660. The average molecular weight is 595 g/mol. The molecule has 5 rings (SSSR count). The van der Waals surface area contributed by atoms with Crippen LogP contribution in [-0.4, -0.2) is 85.7 Å². The van der Waals surface area contributed by atoms with E-state index in [1.54, 1.807) is 39.6 Å². The smallest absolute Gasteiger partial charge is 0.264 e. The molecular weight excluding hydrogens is 560 g/mol. The molecule has 4 aromatic rings. The molecule has 1 fully saturated rings. The molecule has 0 aliphatic carbocycles. The van der Waals surface area contributed by atoms with E-state index >= 15 is 0 Å². The number of fused-ring (bicyclic) bond motifs is 1. The van der Waals surface area contributed by atoms with Gasteiger partial charge in [-0.1, -0.05) is 0 Å². The maximum Gasteiger partial charge on any atom is 0.264 e. The van der Waals surface area contributed by atoms with E-state index in [2.05, 4.69) is 10.1 Å². The number of hydrogen-bond donors (Lipinski definition) is 0. The van der Waals surface area contributed by atoms with Gasteiger partial charge in [0.05, 0.1) is 62.2 Å². The molecular formula is C29H34N6O6S. The first kappa shape index (κ1) is 29.3. The summed E-state index contributed by atoms with van der Waals surface area (Å²) in [5, 5.41) is 4.59. The van der Waals surface area contributed by atoms with Gasteiger partial charge in [0.2, 0.25) is 5.91 Å². The number of ether oxygens (including phenoxy) is 2. The number of benzene rings is 2. The number of likely N-dealkylation sites (tertiary alicyclic amines) is 1. The Morgan fingerprint density at radius 1 is 1.00 bits per heavy atom. The summed E-state index contributed by atoms with van der Waals surface area (Å²) in [5.74, 6) is 1.28. The lowest BCUT2D eigenvalue weighted by atomic mass is 10.1. The highest BCUT2D eigenvalue weighted by Gasteiger charge is 2.23. The lowest BCUT2D eigenvalue weighted by molar-refractivity contribution is -0.130. The minimum atomic E-state index is -3.62. The topological polar surface area (TPSA) is 129 Å². The third-order valence-corrected chi connectivity index (χ3v) is 7.87. The largest absolute Gasteiger partial charge is 0.497 e. The van der Waals surface area contributed by atoms with E-state index < -0.39 is 10.1 Å². The molecule has 1 aliphatic rings. The second-order valence-corrected chi connectivity index (χ2v) is 11.8. The molecule has 0 spiro atoms. The minimum absolute atomic E-state index is 0.0629. The summed E-state index contributed by atoms with van der Waals surface area (Å²) in [5.41, 5.74) is 4.39. The number of methoxy groups -OCH3 is 2. The summed E-state index contributed by atoms with van der Waals surface area (Å²) in [6, 6.07) is 11.3. The Labute approximate surface area is 245 Å². The number of carbonyl (C=O) groups is 1. The van der Waals surface area contributed by atoms with Gasteiger partial charge in [0.15, 0.2) is 0 Å². The number of nitrogens with zero attached hydrogens (tertiary/aromatic N) is 6. The Hall–Kier alpha value is -4.23. The van der Waals surface area contributed by atoms with E-state index in [-0.39, 0.29) is 25.1 Å². The summed E-state index contributed by atoms with van der Waals surface area (Å²) in [6.07, 6.45) is 8.21. The van der Waals surface area contributed by atoms with E-state index in [0.29, 0.717) is 28.2 Å². The quantitative estimate of drug-likeness (QED) is 0.250. The van der Waals surface area contributed by atoms with Crippen molar-refractivity contribution in [3.8, 4) is 22.8 Å². The predicted molar refractivity (Wildman–Crippen MR) is 159 cm³/mol.